The van der Waals surface area contributed by atoms with E-state index in [1.165, 1.54) is 42.0 Å². The number of pyridine rings is 2. The van der Waals surface area contributed by atoms with Crippen molar-refractivity contribution in [2.45, 2.75) is 32.0 Å². The number of aryl methyl sites for hydroxylation is 1. The van der Waals surface area contributed by atoms with Crippen LogP contribution in [-0.4, -0.2) is 57.7 Å². The van der Waals surface area contributed by atoms with Crippen molar-refractivity contribution in [3.05, 3.63) is 77.1 Å². The van der Waals surface area contributed by atoms with E-state index in [4.69, 9.17) is 15.2 Å². The number of aliphatic hydroxyl groups is 1. The molecular formula is C28H27F4N5O5. The molecule has 3 heterocycles. The number of hydrogen-bond acceptors (Lipinski definition) is 7. The van der Waals surface area contributed by atoms with Crippen LogP contribution in [0.15, 0.2) is 48.7 Å². The lowest BCUT2D eigenvalue weighted by molar-refractivity contribution is -0.265. The third-order valence-electron chi connectivity index (χ3n) is 6.37. The standard InChI is InChI=1S/C28H27F4N5O5/c1-4-42-24-17(12-22(33)38)11-21(36-23(24)16-5-7-18(29)8-6-16)27(40,28(30,31)32)14-34-26(39)19-9-10-20(41-3)25-35-15(2)13-37(19)25/h5-11,13,40H,4,12,14H2,1-3H3,(H2,33,38)(H,34,39)/t27-/m0/s1. The molecule has 0 fully saturated rings. The van der Waals surface area contributed by atoms with Gasteiger partial charge in [0.15, 0.2) is 11.4 Å². The Morgan fingerprint density at radius 3 is 2.40 bits per heavy atom. The molecule has 1 aromatic carbocycles. The Kier molecular flexibility index (Phi) is 8.38. The maximum Gasteiger partial charge on any atom is 0.424 e. The van der Waals surface area contributed by atoms with E-state index >= 15 is 0 Å². The maximum atomic E-state index is 14.6. The second-order valence-electron chi connectivity index (χ2n) is 9.33. The number of ether oxygens (including phenoxy) is 2. The molecule has 0 spiro atoms. The number of imidazole rings is 1. The Balaban J connectivity index is 1.82. The first kappa shape index (κ1) is 30.2. The summed E-state index contributed by atoms with van der Waals surface area (Å²) >= 11 is 0. The molecule has 0 saturated heterocycles. The summed E-state index contributed by atoms with van der Waals surface area (Å²) in [6.07, 6.45) is -4.41. The lowest BCUT2D eigenvalue weighted by atomic mass is 9.93. The van der Waals surface area contributed by atoms with Crippen LogP contribution in [0.25, 0.3) is 16.9 Å². The molecule has 1 atom stereocenters. The normalized spacial score (nSPS) is 13.0. The molecule has 0 saturated carbocycles. The van der Waals surface area contributed by atoms with Crippen molar-refractivity contribution in [1.29, 1.82) is 0 Å². The number of methoxy groups -OCH3 is 1. The summed E-state index contributed by atoms with van der Waals surface area (Å²) in [5.74, 6) is -2.18. The maximum absolute atomic E-state index is 14.6. The summed E-state index contributed by atoms with van der Waals surface area (Å²) in [6, 6.07) is 8.27. The Labute approximate surface area is 237 Å². The number of nitrogens with one attached hydrogen (secondary N) is 1. The number of aromatic nitrogens is 3. The lowest BCUT2D eigenvalue weighted by Crippen LogP contribution is -2.51. The van der Waals surface area contributed by atoms with Gasteiger partial charge in [0.2, 0.25) is 11.5 Å². The Morgan fingerprint density at radius 2 is 1.81 bits per heavy atom. The minimum Gasteiger partial charge on any atom is -0.493 e. The Hall–Kier alpha value is -4.72. The van der Waals surface area contributed by atoms with E-state index in [1.807, 2.05) is 0 Å². The minimum atomic E-state index is -5.36. The Morgan fingerprint density at radius 1 is 1.12 bits per heavy atom. The summed E-state index contributed by atoms with van der Waals surface area (Å²) in [5.41, 5.74) is 1.27. The zero-order valence-electron chi connectivity index (χ0n) is 22.8. The molecule has 0 unspecified atom stereocenters. The van der Waals surface area contributed by atoms with Crippen LogP contribution >= 0.6 is 0 Å². The Bertz CT molecular complexity index is 1640. The molecule has 3 aromatic heterocycles. The highest BCUT2D eigenvalue weighted by atomic mass is 19.4. The first-order chi connectivity index (χ1) is 19.8. The van der Waals surface area contributed by atoms with Gasteiger partial charge < -0.3 is 25.6 Å². The molecule has 0 aliphatic heterocycles. The minimum absolute atomic E-state index is 0.0463. The van der Waals surface area contributed by atoms with E-state index in [1.54, 1.807) is 13.8 Å². The highest BCUT2D eigenvalue weighted by Crippen LogP contribution is 2.42. The monoisotopic (exact) mass is 589 g/mol. The quantitative estimate of drug-likeness (QED) is 0.241. The fourth-order valence-corrected chi connectivity index (χ4v) is 4.37. The average molecular weight is 590 g/mol. The topological polar surface area (TPSA) is 141 Å². The van der Waals surface area contributed by atoms with Gasteiger partial charge in [0.05, 0.1) is 38.1 Å². The number of nitrogens with zero attached hydrogens (tertiary/aromatic N) is 3. The van der Waals surface area contributed by atoms with E-state index in [9.17, 15) is 32.3 Å². The van der Waals surface area contributed by atoms with Crippen molar-refractivity contribution < 1.29 is 41.7 Å². The number of primary amides is 1. The van der Waals surface area contributed by atoms with Gasteiger partial charge in [-0.25, -0.2) is 14.4 Å². The third-order valence-corrected chi connectivity index (χ3v) is 6.37. The van der Waals surface area contributed by atoms with E-state index in [0.717, 1.165) is 18.2 Å². The van der Waals surface area contributed by atoms with E-state index in [2.05, 4.69) is 15.3 Å². The summed E-state index contributed by atoms with van der Waals surface area (Å²) in [7, 11) is 1.40. The van der Waals surface area contributed by atoms with Crippen LogP contribution in [-0.2, 0) is 16.8 Å². The summed E-state index contributed by atoms with van der Waals surface area (Å²) in [6.45, 7) is 1.97. The second-order valence-corrected chi connectivity index (χ2v) is 9.33. The molecule has 10 nitrogen and oxygen atoms in total. The second kappa shape index (κ2) is 11.6. The molecule has 4 aromatic rings. The van der Waals surface area contributed by atoms with Crippen molar-refractivity contribution in [1.82, 2.24) is 19.7 Å². The highest BCUT2D eigenvalue weighted by Gasteiger charge is 2.56. The van der Waals surface area contributed by atoms with Crippen molar-refractivity contribution in [3.8, 4) is 22.8 Å². The van der Waals surface area contributed by atoms with Crippen molar-refractivity contribution in [3.63, 3.8) is 0 Å². The van der Waals surface area contributed by atoms with E-state index < -0.39 is 48.1 Å². The van der Waals surface area contributed by atoms with Crippen LogP contribution in [0.5, 0.6) is 11.5 Å². The number of carbonyl (C=O) groups excluding carboxylic acids is 2. The molecule has 0 bridgehead atoms. The molecule has 0 radical (unpaired) electrons. The van der Waals surface area contributed by atoms with Gasteiger partial charge in [0, 0.05) is 17.3 Å². The largest absolute Gasteiger partial charge is 0.493 e. The molecule has 0 aliphatic rings. The summed E-state index contributed by atoms with van der Waals surface area (Å²) in [5, 5.41) is 13.3. The van der Waals surface area contributed by atoms with Gasteiger partial charge in [0.25, 0.3) is 5.91 Å². The molecular weight excluding hydrogens is 562 g/mol. The number of amides is 2. The molecule has 4 N–H and O–H groups in total. The van der Waals surface area contributed by atoms with Crippen molar-refractivity contribution >= 4 is 17.5 Å². The van der Waals surface area contributed by atoms with Gasteiger partial charge in [-0.1, -0.05) is 0 Å². The predicted octanol–water partition coefficient (Wildman–Crippen LogP) is 3.46. The molecule has 222 valence electrons. The first-order valence-corrected chi connectivity index (χ1v) is 12.6. The summed E-state index contributed by atoms with van der Waals surface area (Å²) in [4.78, 5) is 33.3. The molecule has 42 heavy (non-hydrogen) atoms. The van der Waals surface area contributed by atoms with Gasteiger partial charge in [0.1, 0.15) is 23.0 Å². The molecule has 2 amide bonds. The number of rotatable bonds is 10. The van der Waals surface area contributed by atoms with Crippen LogP contribution in [0.3, 0.4) is 0 Å². The van der Waals surface area contributed by atoms with Gasteiger partial charge >= 0.3 is 6.18 Å². The number of carbonyl (C=O) groups is 2. The van der Waals surface area contributed by atoms with Gasteiger partial charge in [-0.15, -0.1) is 0 Å². The van der Waals surface area contributed by atoms with Crippen molar-refractivity contribution in [2.24, 2.45) is 5.73 Å². The number of fused-ring (bicyclic) bond motifs is 1. The zero-order valence-corrected chi connectivity index (χ0v) is 22.8. The zero-order chi connectivity index (χ0) is 30.8. The molecule has 14 heteroatoms. The van der Waals surface area contributed by atoms with E-state index in [-0.39, 0.29) is 40.5 Å². The number of halogens is 4. The van der Waals surface area contributed by atoms with E-state index in [0.29, 0.717) is 11.4 Å². The van der Waals surface area contributed by atoms with Gasteiger partial charge in [-0.05, 0) is 56.3 Å². The fourth-order valence-electron chi connectivity index (χ4n) is 4.37. The number of benzene rings is 1. The van der Waals surface area contributed by atoms with Crippen LogP contribution < -0.4 is 20.5 Å². The first-order valence-electron chi connectivity index (χ1n) is 12.6. The van der Waals surface area contributed by atoms with Gasteiger partial charge in [-0.2, -0.15) is 13.2 Å². The van der Waals surface area contributed by atoms with Crippen LogP contribution in [0.2, 0.25) is 0 Å². The van der Waals surface area contributed by atoms with Crippen LogP contribution in [0.1, 0.15) is 34.4 Å². The SMILES string of the molecule is CCOc1c(CC(N)=O)cc([C@@](O)(CNC(=O)c2ccc(OC)c3nc(C)cn23)C(F)(F)F)nc1-c1ccc(F)cc1. The average Bonchev–Trinajstić information content (AvgIpc) is 3.32. The van der Waals surface area contributed by atoms with Gasteiger partial charge in [-0.3, -0.25) is 14.0 Å². The van der Waals surface area contributed by atoms with Crippen LogP contribution in [0, 0.1) is 12.7 Å². The predicted molar refractivity (Wildman–Crippen MR) is 142 cm³/mol. The third kappa shape index (κ3) is 5.84. The smallest absolute Gasteiger partial charge is 0.424 e. The molecule has 4 rings (SSSR count). The van der Waals surface area contributed by atoms with Crippen LogP contribution in [0.4, 0.5) is 17.6 Å². The molecule has 0 aliphatic carbocycles. The fraction of sp³-hybridized carbons (Fsp3) is 0.286. The number of nitrogens with two attached hydrogens (primary N) is 1. The summed E-state index contributed by atoms with van der Waals surface area (Å²) < 4.78 is 69.6. The highest BCUT2D eigenvalue weighted by molar-refractivity contribution is 5.93. The van der Waals surface area contributed by atoms with Crippen molar-refractivity contribution in [2.75, 3.05) is 20.3 Å². The number of alkyl halides is 3. The lowest BCUT2D eigenvalue weighted by Gasteiger charge is -2.31. The number of hydrogen-bond donors (Lipinski definition) is 3.